The van der Waals surface area contributed by atoms with Crippen LogP contribution in [-0.4, -0.2) is 20.8 Å². The lowest BCUT2D eigenvalue weighted by atomic mass is 10.0. The summed E-state index contributed by atoms with van der Waals surface area (Å²) >= 11 is 0. The van der Waals surface area contributed by atoms with Crippen LogP contribution < -0.4 is 5.32 Å². The standard InChI is InChI=1S/C17H18N4O2/c1-10-5-6-13(11(2)7-10)15-9-14(19-21(15)4)17(22)18-16-8-12(3)23-20-16/h5-9H,1-4H3,(H,18,20,22). The number of carbonyl (C=O) groups excluding carboxylic acids is 1. The third kappa shape index (κ3) is 3.01. The minimum Gasteiger partial charge on any atom is -0.360 e. The molecular weight excluding hydrogens is 292 g/mol. The van der Waals surface area contributed by atoms with Crippen molar-refractivity contribution in [1.29, 1.82) is 0 Å². The molecule has 0 bridgehead atoms. The van der Waals surface area contributed by atoms with Crippen LogP contribution in [0.1, 0.15) is 27.4 Å². The third-order valence-corrected chi connectivity index (χ3v) is 3.64. The Labute approximate surface area is 134 Å². The maximum absolute atomic E-state index is 12.3. The lowest BCUT2D eigenvalue weighted by Gasteiger charge is -2.06. The van der Waals surface area contributed by atoms with Gasteiger partial charge >= 0.3 is 0 Å². The van der Waals surface area contributed by atoms with Crippen molar-refractivity contribution in [1.82, 2.24) is 14.9 Å². The number of hydrogen-bond donors (Lipinski definition) is 1. The van der Waals surface area contributed by atoms with Crippen molar-refractivity contribution in [2.24, 2.45) is 7.05 Å². The van der Waals surface area contributed by atoms with Gasteiger partial charge in [0, 0.05) is 18.7 Å². The molecule has 0 fully saturated rings. The Bertz CT molecular complexity index is 877. The second-order valence-electron chi connectivity index (χ2n) is 5.63. The Morgan fingerprint density at radius 2 is 1.96 bits per heavy atom. The van der Waals surface area contributed by atoms with Crippen LogP contribution in [0.2, 0.25) is 0 Å². The lowest BCUT2D eigenvalue weighted by molar-refractivity contribution is 0.102. The molecule has 0 aliphatic carbocycles. The topological polar surface area (TPSA) is 73.0 Å². The van der Waals surface area contributed by atoms with Crippen LogP contribution in [0.25, 0.3) is 11.3 Å². The minimum absolute atomic E-state index is 0.315. The summed E-state index contributed by atoms with van der Waals surface area (Å²) in [4.78, 5) is 12.3. The van der Waals surface area contributed by atoms with E-state index < -0.39 is 0 Å². The van der Waals surface area contributed by atoms with Crippen LogP contribution in [0.15, 0.2) is 34.9 Å². The molecule has 3 rings (SSSR count). The number of benzene rings is 1. The predicted molar refractivity (Wildman–Crippen MR) is 87.3 cm³/mol. The van der Waals surface area contributed by atoms with E-state index in [4.69, 9.17) is 4.52 Å². The average molecular weight is 310 g/mol. The zero-order chi connectivity index (χ0) is 16.6. The van der Waals surface area contributed by atoms with Gasteiger partial charge in [-0.15, -0.1) is 0 Å². The summed E-state index contributed by atoms with van der Waals surface area (Å²) in [6.45, 7) is 5.87. The van der Waals surface area contributed by atoms with Crippen molar-refractivity contribution in [3.05, 3.63) is 52.9 Å². The molecule has 1 N–H and O–H groups in total. The van der Waals surface area contributed by atoms with Gasteiger partial charge in [-0.05, 0) is 32.4 Å². The van der Waals surface area contributed by atoms with Gasteiger partial charge in [0.1, 0.15) is 5.76 Å². The predicted octanol–water partition coefficient (Wildman–Crippen LogP) is 3.25. The average Bonchev–Trinajstić information content (AvgIpc) is 3.05. The molecular formula is C17H18N4O2. The maximum Gasteiger partial charge on any atom is 0.277 e. The largest absolute Gasteiger partial charge is 0.360 e. The van der Waals surface area contributed by atoms with E-state index in [1.54, 1.807) is 23.7 Å². The summed E-state index contributed by atoms with van der Waals surface area (Å²) in [6.07, 6.45) is 0. The first-order valence-corrected chi connectivity index (χ1v) is 7.30. The number of rotatable bonds is 3. The zero-order valence-corrected chi connectivity index (χ0v) is 13.5. The molecule has 0 spiro atoms. The van der Waals surface area contributed by atoms with E-state index >= 15 is 0 Å². The maximum atomic E-state index is 12.3. The first-order chi connectivity index (χ1) is 10.9. The Balaban J connectivity index is 1.89. The van der Waals surface area contributed by atoms with Crippen LogP contribution in [0, 0.1) is 20.8 Å². The fourth-order valence-electron chi connectivity index (χ4n) is 2.54. The molecule has 23 heavy (non-hydrogen) atoms. The molecule has 118 valence electrons. The first-order valence-electron chi connectivity index (χ1n) is 7.30. The van der Waals surface area contributed by atoms with Gasteiger partial charge < -0.3 is 9.84 Å². The van der Waals surface area contributed by atoms with Gasteiger partial charge in [0.25, 0.3) is 5.91 Å². The SMILES string of the molecule is Cc1ccc(-c2cc(C(=O)Nc3cc(C)on3)nn2C)c(C)c1. The van der Waals surface area contributed by atoms with Crippen LogP contribution >= 0.6 is 0 Å². The number of anilines is 1. The number of nitrogens with zero attached hydrogens (tertiary/aromatic N) is 3. The van der Waals surface area contributed by atoms with Crippen molar-refractivity contribution >= 4 is 11.7 Å². The molecule has 0 saturated heterocycles. The Morgan fingerprint density at radius 1 is 1.17 bits per heavy atom. The molecule has 0 saturated carbocycles. The lowest BCUT2D eigenvalue weighted by Crippen LogP contribution is -2.13. The van der Waals surface area contributed by atoms with E-state index in [1.165, 1.54) is 5.56 Å². The fourth-order valence-corrected chi connectivity index (χ4v) is 2.54. The highest BCUT2D eigenvalue weighted by molar-refractivity contribution is 6.03. The molecule has 1 aromatic carbocycles. The second-order valence-corrected chi connectivity index (χ2v) is 5.63. The molecule has 6 heteroatoms. The molecule has 0 unspecified atom stereocenters. The highest BCUT2D eigenvalue weighted by atomic mass is 16.5. The summed E-state index contributed by atoms with van der Waals surface area (Å²) in [7, 11) is 1.83. The van der Waals surface area contributed by atoms with Crippen molar-refractivity contribution < 1.29 is 9.32 Å². The van der Waals surface area contributed by atoms with E-state index in [0.717, 1.165) is 16.8 Å². The smallest absolute Gasteiger partial charge is 0.277 e. The van der Waals surface area contributed by atoms with Crippen LogP contribution in [0.4, 0.5) is 5.82 Å². The molecule has 6 nitrogen and oxygen atoms in total. The van der Waals surface area contributed by atoms with Crippen molar-refractivity contribution in [2.45, 2.75) is 20.8 Å². The van der Waals surface area contributed by atoms with Gasteiger partial charge in [-0.1, -0.05) is 28.9 Å². The summed E-state index contributed by atoms with van der Waals surface area (Å²) in [5.74, 6) is 0.702. The number of amides is 1. The van der Waals surface area contributed by atoms with Gasteiger partial charge in [0.05, 0.1) is 5.69 Å². The number of aryl methyl sites for hydroxylation is 4. The van der Waals surface area contributed by atoms with Gasteiger partial charge in [-0.2, -0.15) is 5.10 Å². The number of carbonyl (C=O) groups is 1. The van der Waals surface area contributed by atoms with Crippen LogP contribution in [0.5, 0.6) is 0 Å². The molecule has 3 aromatic rings. The van der Waals surface area contributed by atoms with E-state index in [2.05, 4.69) is 28.6 Å². The third-order valence-electron chi connectivity index (χ3n) is 3.64. The van der Waals surface area contributed by atoms with Crippen LogP contribution in [0.3, 0.4) is 0 Å². The summed E-state index contributed by atoms with van der Waals surface area (Å²) < 4.78 is 6.65. The highest BCUT2D eigenvalue weighted by Gasteiger charge is 2.16. The molecule has 2 heterocycles. The van der Waals surface area contributed by atoms with Crippen molar-refractivity contribution in [2.75, 3.05) is 5.32 Å². The van der Waals surface area contributed by atoms with E-state index in [9.17, 15) is 4.79 Å². The van der Waals surface area contributed by atoms with Crippen molar-refractivity contribution in [3.8, 4) is 11.3 Å². The molecule has 2 aromatic heterocycles. The number of aromatic nitrogens is 3. The summed E-state index contributed by atoms with van der Waals surface area (Å²) in [5, 5.41) is 10.7. The van der Waals surface area contributed by atoms with Gasteiger partial charge in [0.2, 0.25) is 0 Å². The second kappa shape index (κ2) is 5.72. The van der Waals surface area contributed by atoms with Crippen molar-refractivity contribution in [3.63, 3.8) is 0 Å². The molecule has 0 atom stereocenters. The molecule has 0 radical (unpaired) electrons. The Morgan fingerprint density at radius 3 is 2.61 bits per heavy atom. The zero-order valence-electron chi connectivity index (χ0n) is 13.5. The minimum atomic E-state index is -0.315. The van der Waals surface area contributed by atoms with E-state index in [-0.39, 0.29) is 5.91 Å². The van der Waals surface area contributed by atoms with Crippen LogP contribution in [-0.2, 0) is 7.05 Å². The summed E-state index contributed by atoms with van der Waals surface area (Å²) in [6, 6.07) is 9.64. The van der Waals surface area contributed by atoms with E-state index in [1.807, 2.05) is 26.1 Å². The van der Waals surface area contributed by atoms with E-state index in [0.29, 0.717) is 17.3 Å². The van der Waals surface area contributed by atoms with Gasteiger partial charge in [0.15, 0.2) is 11.5 Å². The fraction of sp³-hybridized carbons (Fsp3) is 0.235. The summed E-state index contributed by atoms with van der Waals surface area (Å²) in [5.41, 5.74) is 4.63. The molecule has 0 aliphatic heterocycles. The first kappa shape index (κ1) is 15.0. The normalized spacial score (nSPS) is 10.8. The number of hydrogen-bond acceptors (Lipinski definition) is 4. The molecule has 1 amide bonds. The van der Waals surface area contributed by atoms with Gasteiger partial charge in [-0.3, -0.25) is 9.48 Å². The van der Waals surface area contributed by atoms with Gasteiger partial charge in [-0.25, -0.2) is 0 Å². The number of nitrogens with one attached hydrogen (secondary N) is 1. The molecule has 0 aliphatic rings. The quantitative estimate of drug-likeness (QED) is 0.806. The Kier molecular flexibility index (Phi) is 3.73. The monoisotopic (exact) mass is 310 g/mol. The Hall–Kier alpha value is -2.89. The highest BCUT2D eigenvalue weighted by Crippen LogP contribution is 2.25.